The van der Waals surface area contributed by atoms with E-state index in [2.05, 4.69) is 4.98 Å². The Labute approximate surface area is 91.4 Å². The van der Waals surface area contributed by atoms with Crippen LogP contribution in [0, 0.1) is 0 Å². The summed E-state index contributed by atoms with van der Waals surface area (Å²) in [6.45, 7) is 1.05. The third-order valence-corrected chi connectivity index (χ3v) is 2.49. The number of nitrogens with zero attached hydrogens (tertiary/aromatic N) is 1. The minimum absolute atomic E-state index is 0.135. The first-order valence-corrected chi connectivity index (χ1v) is 4.97. The molecule has 5 heteroatoms. The molecule has 2 aromatic rings. The average Bonchev–Trinajstić information content (AvgIpc) is 2.50. The van der Waals surface area contributed by atoms with E-state index in [0.29, 0.717) is 18.2 Å². The zero-order chi connectivity index (χ0) is 10.8. The lowest BCUT2D eigenvalue weighted by molar-refractivity contribution is 0.187. The van der Waals surface area contributed by atoms with Crippen LogP contribution in [0.5, 0.6) is 0 Å². The Hall–Kier alpha value is -1.26. The smallest absolute Gasteiger partial charge is 0.326 e. The van der Waals surface area contributed by atoms with Gasteiger partial charge in [-0.1, -0.05) is 11.6 Å². The summed E-state index contributed by atoms with van der Waals surface area (Å²) in [6, 6.07) is 5.33. The molecule has 0 amide bonds. The second kappa shape index (κ2) is 4.08. The van der Waals surface area contributed by atoms with Crippen LogP contribution in [0.3, 0.4) is 0 Å². The maximum absolute atomic E-state index is 11.6. The van der Waals surface area contributed by atoms with Gasteiger partial charge in [-0.2, -0.15) is 0 Å². The number of fused-ring (bicyclic) bond motifs is 1. The number of hydrogen-bond acceptors (Lipinski definition) is 2. The number of methoxy groups -OCH3 is 1. The number of imidazole rings is 1. The SMILES string of the molecule is COCCn1c(=O)[nH]c2cc(Cl)ccc21. The van der Waals surface area contributed by atoms with Gasteiger partial charge in [-0.15, -0.1) is 0 Å². The van der Waals surface area contributed by atoms with Gasteiger partial charge in [-0.25, -0.2) is 4.79 Å². The fourth-order valence-electron chi connectivity index (χ4n) is 1.54. The molecular weight excluding hydrogens is 216 g/mol. The zero-order valence-corrected chi connectivity index (χ0v) is 9.04. The maximum Gasteiger partial charge on any atom is 0.326 e. The van der Waals surface area contributed by atoms with Crippen molar-refractivity contribution in [3.8, 4) is 0 Å². The second-order valence-electron chi connectivity index (χ2n) is 3.24. The van der Waals surface area contributed by atoms with Crippen LogP contribution in [0.2, 0.25) is 5.02 Å². The number of nitrogens with one attached hydrogen (secondary N) is 1. The van der Waals surface area contributed by atoms with Gasteiger partial charge >= 0.3 is 5.69 Å². The summed E-state index contributed by atoms with van der Waals surface area (Å²) in [6.07, 6.45) is 0. The highest BCUT2D eigenvalue weighted by Gasteiger charge is 2.05. The van der Waals surface area contributed by atoms with E-state index in [1.165, 1.54) is 0 Å². The molecule has 0 unspecified atom stereocenters. The summed E-state index contributed by atoms with van der Waals surface area (Å²) >= 11 is 5.83. The quantitative estimate of drug-likeness (QED) is 0.865. The lowest BCUT2D eigenvalue weighted by Gasteiger charge is -2.01. The van der Waals surface area contributed by atoms with Crippen LogP contribution >= 0.6 is 11.6 Å². The molecule has 15 heavy (non-hydrogen) atoms. The molecule has 80 valence electrons. The fraction of sp³-hybridized carbons (Fsp3) is 0.300. The number of ether oxygens (including phenoxy) is 1. The van der Waals surface area contributed by atoms with Crippen molar-refractivity contribution in [2.75, 3.05) is 13.7 Å². The number of benzene rings is 1. The van der Waals surface area contributed by atoms with Crippen molar-refractivity contribution in [1.29, 1.82) is 0 Å². The summed E-state index contributed by atoms with van der Waals surface area (Å²) in [7, 11) is 1.61. The Morgan fingerprint density at radius 2 is 2.33 bits per heavy atom. The van der Waals surface area contributed by atoms with Gasteiger partial charge in [0.25, 0.3) is 0 Å². The third-order valence-electron chi connectivity index (χ3n) is 2.26. The molecule has 1 heterocycles. The molecule has 0 saturated heterocycles. The molecule has 4 nitrogen and oxygen atoms in total. The summed E-state index contributed by atoms with van der Waals surface area (Å²) < 4.78 is 6.58. The number of halogens is 1. The largest absolute Gasteiger partial charge is 0.383 e. The zero-order valence-electron chi connectivity index (χ0n) is 8.29. The minimum atomic E-state index is -0.135. The number of hydrogen-bond donors (Lipinski definition) is 1. The molecular formula is C10H11ClN2O2. The van der Waals surface area contributed by atoms with Crippen molar-refractivity contribution in [3.05, 3.63) is 33.7 Å². The number of aromatic amines is 1. The molecule has 0 bridgehead atoms. The van der Waals surface area contributed by atoms with Gasteiger partial charge in [0.15, 0.2) is 0 Å². The van der Waals surface area contributed by atoms with Gasteiger partial charge in [0.05, 0.1) is 24.2 Å². The predicted molar refractivity (Wildman–Crippen MR) is 59.4 cm³/mol. The molecule has 0 fully saturated rings. The maximum atomic E-state index is 11.6. The van der Waals surface area contributed by atoms with E-state index in [-0.39, 0.29) is 5.69 Å². The molecule has 1 N–H and O–H groups in total. The van der Waals surface area contributed by atoms with Crippen LogP contribution in [0.25, 0.3) is 11.0 Å². The molecule has 2 rings (SSSR count). The van der Waals surface area contributed by atoms with E-state index in [9.17, 15) is 4.79 Å². The van der Waals surface area contributed by atoms with Gasteiger partial charge in [0.1, 0.15) is 0 Å². The third kappa shape index (κ3) is 1.91. The van der Waals surface area contributed by atoms with Gasteiger partial charge in [0.2, 0.25) is 0 Å². The molecule has 0 atom stereocenters. The number of H-pyrrole nitrogens is 1. The van der Waals surface area contributed by atoms with Crippen LogP contribution in [0.1, 0.15) is 0 Å². The monoisotopic (exact) mass is 226 g/mol. The van der Waals surface area contributed by atoms with Crippen molar-refractivity contribution >= 4 is 22.6 Å². The minimum Gasteiger partial charge on any atom is -0.383 e. The van der Waals surface area contributed by atoms with Crippen LogP contribution < -0.4 is 5.69 Å². The second-order valence-corrected chi connectivity index (χ2v) is 3.67. The van der Waals surface area contributed by atoms with Crippen molar-refractivity contribution in [2.45, 2.75) is 6.54 Å². The normalized spacial score (nSPS) is 11.1. The van der Waals surface area contributed by atoms with Crippen molar-refractivity contribution in [2.24, 2.45) is 0 Å². The van der Waals surface area contributed by atoms with Gasteiger partial charge in [-0.05, 0) is 18.2 Å². The van der Waals surface area contributed by atoms with E-state index in [1.54, 1.807) is 23.8 Å². The standard InChI is InChI=1S/C10H11ClN2O2/c1-15-5-4-13-9-3-2-7(11)6-8(9)12-10(13)14/h2-3,6H,4-5H2,1H3,(H,12,14). The Kier molecular flexibility index (Phi) is 2.79. The average molecular weight is 227 g/mol. The summed E-state index contributed by atoms with van der Waals surface area (Å²) in [5.41, 5.74) is 1.47. The first-order valence-electron chi connectivity index (χ1n) is 4.59. The summed E-state index contributed by atoms with van der Waals surface area (Å²) in [5, 5.41) is 0.614. The highest BCUT2D eigenvalue weighted by atomic mass is 35.5. The van der Waals surface area contributed by atoms with Gasteiger partial charge < -0.3 is 9.72 Å². The Balaban J connectivity index is 2.53. The molecule has 0 aliphatic rings. The first kappa shape index (κ1) is 10.3. The van der Waals surface area contributed by atoms with Crippen molar-refractivity contribution < 1.29 is 4.74 Å². The highest BCUT2D eigenvalue weighted by molar-refractivity contribution is 6.31. The predicted octanol–water partition coefficient (Wildman–Crippen LogP) is 1.63. The van der Waals surface area contributed by atoms with E-state index in [0.717, 1.165) is 11.0 Å². The highest BCUT2D eigenvalue weighted by Crippen LogP contribution is 2.16. The fourth-order valence-corrected chi connectivity index (χ4v) is 1.71. The molecule has 0 aliphatic carbocycles. The summed E-state index contributed by atoms with van der Waals surface area (Å²) in [5.74, 6) is 0. The molecule has 0 spiro atoms. The van der Waals surface area contributed by atoms with Gasteiger partial charge in [0, 0.05) is 12.1 Å². The van der Waals surface area contributed by atoms with E-state index < -0.39 is 0 Å². The lowest BCUT2D eigenvalue weighted by atomic mass is 10.3. The van der Waals surface area contributed by atoms with Crippen molar-refractivity contribution in [1.82, 2.24) is 9.55 Å². The molecule has 0 aliphatic heterocycles. The molecule has 1 aromatic heterocycles. The first-order chi connectivity index (χ1) is 7.22. The van der Waals surface area contributed by atoms with E-state index in [1.807, 2.05) is 6.07 Å². The lowest BCUT2D eigenvalue weighted by Crippen LogP contribution is -2.18. The molecule has 0 radical (unpaired) electrons. The number of aromatic nitrogens is 2. The van der Waals surface area contributed by atoms with Crippen LogP contribution in [0.15, 0.2) is 23.0 Å². The van der Waals surface area contributed by atoms with Crippen LogP contribution in [0.4, 0.5) is 0 Å². The Morgan fingerprint density at radius 3 is 3.07 bits per heavy atom. The van der Waals surface area contributed by atoms with Crippen LogP contribution in [-0.4, -0.2) is 23.3 Å². The van der Waals surface area contributed by atoms with Crippen LogP contribution in [-0.2, 0) is 11.3 Å². The topological polar surface area (TPSA) is 47.0 Å². The van der Waals surface area contributed by atoms with E-state index >= 15 is 0 Å². The summed E-state index contributed by atoms with van der Waals surface area (Å²) in [4.78, 5) is 14.3. The van der Waals surface area contributed by atoms with Gasteiger partial charge in [-0.3, -0.25) is 4.57 Å². The van der Waals surface area contributed by atoms with E-state index in [4.69, 9.17) is 16.3 Å². The van der Waals surface area contributed by atoms with Crippen molar-refractivity contribution in [3.63, 3.8) is 0 Å². The molecule has 0 saturated carbocycles. The Bertz CT molecular complexity index is 530. The molecule has 1 aromatic carbocycles. The number of rotatable bonds is 3. The Morgan fingerprint density at radius 1 is 1.53 bits per heavy atom.